The number of methoxy groups -OCH3 is 1. The number of halogens is 3. The molecule has 3 aromatic rings. The Bertz CT molecular complexity index is 1240. The zero-order valence-electron chi connectivity index (χ0n) is 19.0. The maximum absolute atomic E-state index is 13.7. The number of amides is 2. The fourth-order valence-electron chi connectivity index (χ4n) is 5.55. The van der Waals surface area contributed by atoms with Crippen molar-refractivity contribution < 1.29 is 22.7 Å². The number of hydrogen-bond donors (Lipinski definition) is 1. The summed E-state index contributed by atoms with van der Waals surface area (Å²) in [6, 6.07) is 4.31. The number of nitrogens with one attached hydrogen (secondary N) is 1. The quantitative estimate of drug-likeness (QED) is 0.597. The topological polar surface area (TPSA) is 84.7 Å². The van der Waals surface area contributed by atoms with Gasteiger partial charge in [0.1, 0.15) is 5.82 Å². The van der Waals surface area contributed by atoms with Crippen LogP contribution >= 0.6 is 0 Å². The summed E-state index contributed by atoms with van der Waals surface area (Å²) >= 11 is 0. The van der Waals surface area contributed by atoms with Gasteiger partial charge in [-0.1, -0.05) is 6.92 Å². The van der Waals surface area contributed by atoms with Crippen LogP contribution < -0.4 is 5.32 Å². The van der Waals surface area contributed by atoms with Crippen molar-refractivity contribution in [1.82, 2.24) is 24.5 Å². The van der Waals surface area contributed by atoms with E-state index in [4.69, 9.17) is 4.74 Å². The minimum Gasteiger partial charge on any atom is -0.379 e. The number of pyridine rings is 1. The molecule has 1 N–H and O–H groups in total. The summed E-state index contributed by atoms with van der Waals surface area (Å²) in [6.45, 7) is 4.10. The average molecular weight is 474 g/mol. The summed E-state index contributed by atoms with van der Waals surface area (Å²) in [5.74, 6) is 0.340. The first-order valence-corrected chi connectivity index (χ1v) is 11.1. The van der Waals surface area contributed by atoms with Crippen LogP contribution in [0.25, 0.3) is 16.9 Å². The Morgan fingerprint density at radius 2 is 2.09 bits per heavy atom. The SMILES string of the molecule is CO[C@@H](C)[C@]12C[C@H](C)C[C@H](C1)N2C(=O)Nc1cc(-c2ncc3cccn3n2)c(C(F)(F)F)cn1. The third-order valence-corrected chi connectivity index (χ3v) is 7.11. The molecule has 4 atom stereocenters. The smallest absolute Gasteiger partial charge is 0.379 e. The van der Waals surface area contributed by atoms with Gasteiger partial charge in [0.15, 0.2) is 5.82 Å². The second-order valence-corrected chi connectivity index (χ2v) is 9.26. The minimum absolute atomic E-state index is 0.00226. The van der Waals surface area contributed by atoms with Crippen LogP contribution in [0.3, 0.4) is 0 Å². The van der Waals surface area contributed by atoms with Crippen LogP contribution in [0.2, 0.25) is 0 Å². The second kappa shape index (κ2) is 7.93. The number of fused-ring (bicyclic) bond motifs is 3. The monoisotopic (exact) mass is 474 g/mol. The molecule has 1 saturated heterocycles. The van der Waals surface area contributed by atoms with Crippen LogP contribution in [0.15, 0.2) is 36.8 Å². The van der Waals surface area contributed by atoms with E-state index >= 15 is 0 Å². The van der Waals surface area contributed by atoms with Crippen LogP contribution in [-0.4, -0.2) is 55.3 Å². The molecule has 2 aliphatic rings. The van der Waals surface area contributed by atoms with E-state index in [9.17, 15) is 18.0 Å². The third kappa shape index (κ3) is 3.58. The second-order valence-electron chi connectivity index (χ2n) is 9.26. The van der Waals surface area contributed by atoms with Gasteiger partial charge in [-0.3, -0.25) is 5.32 Å². The molecule has 34 heavy (non-hydrogen) atoms. The molecule has 5 rings (SSSR count). The van der Waals surface area contributed by atoms with Gasteiger partial charge in [-0.25, -0.2) is 19.3 Å². The molecule has 0 unspecified atom stereocenters. The van der Waals surface area contributed by atoms with E-state index in [1.807, 2.05) is 6.92 Å². The predicted molar refractivity (Wildman–Crippen MR) is 118 cm³/mol. The van der Waals surface area contributed by atoms with Gasteiger partial charge in [0, 0.05) is 31.1 Å². The number of piperidine rings is 1. The van der Waals surface area contributed by atoms with Crippen LogP contribution in [0, 0.1) is 5.92 Å². The van der Waals surface area contributed by atoms with Gasteiger partial charge < -0.3 is 9.64 Å². The molecule has 8 nitrogen and oxygen atoms in total. The molecule has 1 saturated carbocycles. The molecule has 0 aromatic carbocycles. The Labute approximate surface area is 194 Å². The number of likely N-dealkylation sites (tertiary alicyclic amines) is 1. The van der Waals surface area contributed by atoms with Crippen LogP contribution in [-0.2, 0) is 10.9 Å². The van der Waals surface area contributed by atoms with Gasteiger partial charge in [0.2, 0.25) is 0 Å². The summed E-state index contributed by atoms with van der Waals surface area (Å²) < 4.78 is 48.2. The molecular formula is C23H25F3N6O2. The maximum atomic E-state index is 13.7. The number of anilines is 1. The van der Waals surface area contributed by atoms with Crippen LogP contribution in [0.5, 0.6) is 0 Å². The van der Waals surface area contributed by atoms with E-state index in [1.54, 1.807) is 30.3 Å². The fourth-order valence-corrected chi connectivity index (χ4v) is 5.55. The van der Waals surface area contributed by atoms with Gasteiger partial charge >= 0.3 is 12.2 Å². The highest BCUT2D eigenvalue weighted by Crippen LogP contribution is 2.52. The van der Waals surface area contributed by atoms with E-state index in [0.29, 0.717) is 17.6 Å². The molecule has 0 radical (unpaired) electrons. The van der Waals surface area contributed by atoms with E-state index in [1.165, 1.54) is 16.8 Å². The van der Waals surface area contributed by atoms with Crippen molar-refractivity contribution in [1.29, 1.82) is 0 Å². The summed E-state index contributed by atoms with van der Waals surface area (Å²) in [4.78, 5) is 23.0. The number of urea groups is 1. The van der Waals surface area contributed by atoms with Crippen LogP contribution in [0.4, 0.5) is 23.8 Å². The van der Waals surface area contributed by atoms with E-state index in [-0.39, 0.29) is 29.4 Å². The van der Waals surface area contributed by atoms with Gasteiger partial charge in [0.25, 0.3) is 0 Å². The zero-order chi connectivity index (χ0) is 24.3. The standard InChI is InChI=1S/C23H25F3N6O2/c1-13-7-16-10-22(9-13,14(2)34-3)32(16)21(33)29-19-8-17(18(12-27-19)23(24,25)26)20-28-11-15-5-4-6-31(15)30-20/h4-6,8,11-14,16H,7,9-10H2,1-3H3,(H,27,29,33)/t13-,14+,16-,22+/m1/s1. The summed E-state index contributed by atoms with van der Waals surface area (Å²) in [5.41, 5.74) is -1.02. The largest absolute Gasteiger partial charge is 0.418 e. The number of rotatable bonds is 4. The van der Waals surface area contributed by atoms with Crippen molar-refractivity contribution in [2.75, 3.05) is 12.4 Å². The molecule has 2 amide bonds. The number of alkyl halides is 3. The Morgan fingerprint density at radius 1 is 1.29 bits per heavy atom. The first kappa shape index (κ1) is 22.6. The molecule has 4 heterocycles. The van der Waals surface area contributed by atoms with E-state index < -0.39 is 23.3 Å². The highest BCUT2D eigenvalue weighted by molar-refractivity contribution is 5.91. The maximum Gasteiger partial charge on any atom is 0.418 e. The highest BCUT2D eigenvalue weighted by atomic mass is 19.4. The molecule has 1 aliphatic carbocycles. The van der Waals surface area contributed by atoms with E-state index in [2.05, 4.69) is 27.3 Å². The number of aromatic nitrogens is 4. The van der Waals surface area contributed by atoms with Gasteiger partial charge in [-0.15, -0.1) is 5.10 Å². The molecule has 180 valence electrons. The highest BCUT2D eigenvalue weighted by Gasteiger charge is 2.61. The number of nitrogens with zero attached hydrogens (tertiary/aromatic N) is 5. The first-order chi connectivity index (χ1) is 16.1. The van der Waals surface area contributed by atoms with Crippen molar-refractivity contribution in [3.8, 4) is 11.4 Å². The lowest BCUT2D eigenvalue weighted by molar-refractivity contribution is -0.155. The fraction of sp³-hybridized carbons (Fsp3) is 0.478. The minimum atomic E-state index is -4.66. The number of carbonyl (C=O) groups excluding carboxylic acids is 1. The average Bonchev–Trinajstić information content (AvgIpc) is 3.25. The Kier molecular flexibility index (Phi) is 5.27. The number of hydrogen-bond acceptors (Lipinski definition) is 5. The lowest BCUT2D eigenvalue weighted by Gasteiger charge is -2.65. The zero-order valence-corrected chi connectivity index (χ0v) is 19.0. The summed E-state index contributed by atoms with van der Waals surface area (Å²) in [6.07, 6.45) is 1.47. The van der Waals surface area contributed by atoms with Crippen LogP contribution in [0.1, 0.15) is 38.7 Å². The number of carbonyl (C=O) groups is 1. The molecular weight excluding hydrogens is 449 g/mol. The van der Waals surface area contributed by atoms with E-state index in [0.717, 1.165) is 19.3 Å². The third-order valence-electron chi connectivity index (χ3n) is 7.11. The lowest BCUT2D eigenvalue weighted by atomic mass is 9.62. The molecule has 11 heteroatoms. The Balaban J connectivity index is 1.48. The number of ether oxygens (including phenoxy) is 1. The van der Waals surface area contributed by atoms with Crippen molar-refractivity contribution in [3.05, 3.63) is 42.4 Å². The molecule has 0 spiro atoms. The molecule has 2 bridgehead atoms. The molecule has 1 aliphatic heterocycles. The van der Waals surface area contributed by atoms with Crippen molar-refractivity contribution in [2.24, 2.45) is 5.92 Å². The Morgan fingerprint density at radius 3 is 2.82 bits per heavy atom. The molecule has 2 fully saturated rings. The predicted octanol–water partition coefficient (Wildman–Crippen LogP) is 4.62. The first-order valence-electron chi connectivity index (χ1n) is 11.1. The van der Waals surface area contributed by atoms with Gasteiger partial charge in [-0.2, -0.15) is 13.2 Å². The van der Waals surface area contributed by atoms with Crippen molar-refractivity contribution in [3.63, 3.8) is 0 Å². The van der Waals surface area contributed by atoms with Gasteiger partial charge in [-0.05, 0) is 50.3 Å². The van der Waals surface area contributed by atoms with Gasteiger partial charge in [0.05, 0.1) is 28.9 Å². The summed E-state index contributed by atoms with van der Waals surface area (Å²) in [5, 5.41) is 6.90. The Hall–Kier alpha value is -3.21. The lowest BCUT2D eigenvalue weighted by Crippen LogP contribution is -2.76. The van der Waals surface area contributed by atoms with Crippen molar-refractivity contribution in [2.45, 2.75) is 57.0 Å². The molecule has 3 aromatic heterocycles. The van der Waals surface area contributed by atoms with Crippen molar-refractivity contribution >= 4 is 17.4 Å². The summed E-state index contributed by atoms with van der Waals surface area (Å²) in [7, 11) is 1.62. The normalized spacial score (nSPS) is 25.2.